The lowest BCUT2D eigenvalue weighted by Crippen LogP contribution is -2.24. The molecule has 0 saturated carbocycles. The normalized spacial score (nSPS) is 12.4. The SMILES string of the molecule is CCCNC(c1cccnc1)c1cc(Br)ccc1I. The number of benzene rings is 1. The van der Waals surface area contributed by atoms with Crippen LogP contribution in [0.3, 0.4) is 0 Å². The van der Waals surface area contributed by atoms with E-state index in [9.17, 15) is 0 Å². The van der Waals surface area contributed by atoms with Gasteiger partial charge in [0, 0.05) is 20.4 Å². The average molecular weight is 431 g/mol. The van der Waals surface area contributed by atoms with Gasteiger partial charge in [-0.1, -0.05) is 28.9 Å². The molecule has 1 heterocycles. The lowest BCUT2D eigenvalue weighted by molar-refractivity contribution is 0.595. The van der Waals surface area contributed by atoms with Crippen LogP contribution in [0.15, 0.2) is 47.2 Å². The molecule has 100 valence electrons. The molecule has 0 fully saturated rings. The first-order chi connectivity index (χ1) is 9.22. The van der Waals surface area contributed by atoms with Gasteiger partial charge in [0.05, 0.1) is 6.04 Å². The fourth-order valence-electron chi connectivity index (χ4n) is 1.98. The lowest BCUT2D eigenvalue weighted by Gasteiger charge is -2.21. The maximum absolute atomic E-state index is 4.24. The van der Waals surface area contributed by atoms with Crippen molar-refractivity contribution in [2.45, 2.75) is 19.4 Å². The summed E-state index contributed by atoms with van der Waals surface area (Å²) in [6.07, 6.45) is 4.86. The smallest absolute Gasteiger partial charge is 0.0602 e. The number of pyridine rings is 1. The first-order valence-corrected chi connectivity index (χ1v) is 8.17. The Morgan fingerprint density at radius 3 is 2.89 bits per heavy atom. The summed E-state index contributed by atoms with van der Waals surface area (Å²) in [5, 5.41) is 3.60. The number of hydrogen-bond acceptors (Lipinski definition) is 2. The monoisotopic (exact) mass is 430 g/mol. The highest BCUT2D eigenvalue weighted by molar-refractivity contribution is 14.1. The predicted octanol–water partition coefficient (Wildman–Crippen LogP) is 4.54. The highest BCUT2D eigenvalue weighted by atomic mass is 127. The van der Waals surface area contributed by atoms with E-state index in [1.54, 1.807) is 0 Å². The third kappa shape index (κ3) is 4.00. The van der Waals surface area contributed by atoms with Crippen LogP contribution < -0.4 is 5.32 Å². The topological polar surface area (TPSA) is 24.9 Å². The summed E-state index contributed by atoms with van der Waals surface area (Å²) in [6, 6.07) is 10.7. The minimum absolute atomic E-state index is 0.193. The molecular formula is C15H16BrIN2. The molecule has 0 spiro atoms. The number of nitrogens with zero attached hydrogens (tertiary/aromatic N) is 1. The summed E-state index contributed by atoms with van der Waals surface area (Å²) in [4.78, 5) is 4.24. The van der Waals surface area contributed by atoms with Gasteiger partial charge in [-0.2, -0.15) is 0 Å². The number of halogens is 2. The molecule has 0 aliphatic heterocycles. The molecule has 0 aliphatic rings. The van der Waals surface area contributed by atoms with Crippen molar-refractivity contribution < 1.29 is 0 Å². The average Bonchev–Trinajstić information content (AvgIpc) is 2.44. The molecule has 1 unspecified atom stereocenters. The fraction of sp³-hybridized carbons (Fsp3) is 0.267. The quantitative estimate of drug-likeness (QED) is 0.704. The Morgan fingerprint density at radius 1 is 1.37 bits per heavy atom. The molecule has 1 atom stereocenters. The van der Waals surface area contributed by atoms with Crippen LogP contribution in [0.5, 0.6) is 0 Å². The van der Waals surface area contributed by atoms with Gasteiger partial charge >= 0.3 is 0 Å². The standard InChI is InChI=1S/C15H16BrIN2/c1-2-7-19-15(11-4-3-8-18-10-11)13-9-12(16)5-6-14(13)17/h3-6,8-10,15,19H,2,7H2,1H3. The number of hydrogen-bond donors (Lipinski definition) is 1. The highest BCUT2D eigenvalue weighted by Gasteiger charge is 2.16. The summed E-state index contributed by atoms with van der Waals surface area (Å²) < 4.78 is 2.37. The third-order valence-corrected chi connectivity index (χ3v) is 4.36. The molecule has 19 heavy (non-hydrogen) atoms. The zero-order valence-electron chi connectivity index (χ0n) is 10.7. The number of nitrogens with one attached hydrogen (secondary N) is 1. The Labute approximate surface area is 136 Å². The van der Waals surface area contributed by atoms with Gasteiger partial charge in [0.15, 0.2) is 0 Å². The number of aromatic nitrogens is 1. The second-order valence-corrected chi connectivity index (χ2v) is 6.42. The van der Waals surface area contributed by atoms with E-state index in [1.807, 2.05) is 18.5 Å². The molecule has 0 saturated heterocycles. The van der Waals surface area contributed by atoms with Crippen LogP contribution in [-0.4, -0.2) is 11.5 Å². The first kappa shape index (κ1) is 14.9. The van der Waals surface area contributed by atoms with E-state index in [2.05, 4.69) is 80.0 Å². The van der Waals surface area contributed by atoms with Gasteiger partial charge in [-0.05, 0) is 70.9 Å². The second-order valence-electron chi connectivity index (χ2n) is 4.34. The van der Waals surface area contributed by atoms with Crippen molar-refractivity contribution in [1.29, 1.82) is 0 Å². The summed E-state index contributed by atoms with van der Waals surface area (Å²) in [7, 11) is 0. The first-order valence-electron chi connectivity index (χ1n) is 6.30. The van der Waals surface area contributed by atoms with E-state index in [-0.39, 0.29) is 6.04 Å². The van der Waals surface area contributed by atoms with Gasteiger partial charge in [-0.15, -0.1) is 0 Å². The Hall–Kier alpha value is -0.460. The molecule has 1 aromatic heterocycles. The van der Waals surface area contributed by atoms with E-state index < -0.39 is 0 Å². The fourth-order valence-corrected chi connectivity index (χ4v) is 3.00. The Morgan fingerprint density at radius 2 is 2.21 bits per heavy atom. The van der Waals surface area contributed by atoms with Crippen LogP contribution in [-0.2, 0) is 0 Å². The molecule has 0 radical (unpaired) electrons. The Balaban J connectivity index is 2.40. The number of rotatable bonds is 5. The molecule has 1 aromatic carbocycles. The van der Waals surface area contributed by atoms with Crippen molar-refractivity contribution in [2.75, 3.05) is 6.54 Å². The van der Waals surface area contributed by atoms with Crippen LogP contribution in [0.1, 0.15) is 30.5 Å². The van der Waals surface area contributed by atoms with Crippen molar-refractivity contribution in [1.82, 2.24) is 10.3 Å². The summed E-state index contributed by atoms with van der Waals surface area (Å²) >= 11 is 5.95. The molecule has 2 rings (SSSR count). The largest absolute Gasteiger partial charge is 0.306 e. The zero-order valence-corrected chi connectivity index (χ0v) is 14.5. The van der Waals surface area contributed by atoms with E-state index in [4.69, 9.17) is 0 Å². The van der Waals surface area contributed by atoms with Gasteiger partial charge < -0.3 is 5.32 Å². The van der Waals surface area contributed by atoms with Crippen LogP contribution in [0.25, 0.3) is 0 Å². The van der Waals surface area contributed by atoms with Gasteiger partial charge in [-0.25, -0.2) is 0 Å². The van der Waals surface area contributed by atoms with Gasteiger partial charge in [0.1, 0.15) is 0 Å². The van der Waals surface area contributed by atoms with Crippen LogP contribution >= 0.6 is 38.5 Å². The van der Waals surface area contributed by atoms with Crippen molar-refractivity contribution >= 4 is 38.5 Å². The predicted molar refractivity (Wildman–Crippen MR) is 91.2 cm³/mol. The maximum atomic E-state index is 4.24. The lowest BCUT2D eigenvalue weighted by atomic mass is 10.00. The molecular weight excluding hydrogens is 415 g/mol. The Bertz CT molecular complexity index is 531. The minimum atomic E-state index is 0.193. The summed E-state index contributed by atoms with van der Waals surface area (Å²) in [5.41, 5.74) is 2.49. The van der Waals surface area contributed by atoms with Crippen LogP contribution in [0.4, 0.5) is 0 Å². The summed E-state index contributed by atoms with van der Waals surface area (Å²) in [5.74, 6) is 0. The maximum Gasteiger partial charge on any atom is 0.0602 e. The Kier molecular flexibility index (Phi) is 5.78. The van der Waals surface area contributed by atoms with Gasteiger partial charge in [-0.3, -0.25) is 4.98 Å². The van der Waals surface area contributed by atoms with E-state index in [0.717, 1.165) is 17.4 Å². The van der Waals surface area contributed by atoms with E-state index in [0.29, 0.717) is 0 Å². The molecule has 4 heteroatoms. The minimum Gasteiger partial charge on any atom is -0.306 e. The summed E-state index contributed by atoms with van der Waals surface area (Å²) in [6.45, 7) is 3.17. The van der Waals surface area contributed by atoms with Crippen LogP contribution in [0.2, 0.25) is 0 Å². The van der Waals surface area contributed by atoms with Crippen molar-refractivity contribution in [3.8, 4) is 0 Å². The molecule has 0 aliphatic carbocycles. The van der Waals surface area contributed by atoms with E-state index in [1.165, 1.54) is 14.7 Å². The molecule has 0 bridgehead atoms. The second kappa shape index (κ2) is 7.36. The molecule has 2 aromatic rings. The van der Waals surface area contributed by atoms with Gasteiger partial charge in [0.2, 0.25) is 0 Å². The van der Waals surface area contributed by atoms with Crippen molar-refractivity contribution in [3.63, 3.8) is 0 Å². The molecule has 2 nitrogen and oxygen atoms in total. The molecule has 1 N–H and O–H groups in total. The third-order valence-electron chi connectivity index (χ3n) is 2.89. The molecule has 0 amide bonds. The van der Waals surface area contributed by atoms with Gasteiger partial charge in [0.25, 0.3) is 0 Å². The van der Waals surface area contributed by atoms with Crippen LogP contribution in [0, 0.1) is 3.57 Å². The van der Waals surface area contributed by atoms with Crippen molar-refractivity contribution in [2.24, 2.45) is 0 Å². The zero-order chi connectivity index (χ0) is 13.7. The van der Waals surface area contributed by atoms with Crippen molar-refractivity contribution in [3.05, 3.63) is 61.9 Å². The van der Waals surface area contributed by atoms with E-state index >= 15 is 0 Å². The highest BCUT2D eigenvalue weighted by Crippen LogP contribution is 2.28.